The Balaban J connectivity index is 1.75. The zero-order valence-corrected chi connectivity index (χ0v) is 14.8. The fraction of sp³-hybridized carbons (Fsp3) is 0.300. The van der Waals surface area contributed by atoms with Gasteiger partial charge in [0.2, 0.25) is 11.8 Å². The summed E-state index contributed by atoms with van der Waals surface area (Å²) in [6.07, 6.45) is 7.84. The number of nitrogens with zero attached hydrogens (tertiary/aromatic N) is 3. The Kier molecular flexibility index (Phi) is 5.41. The minimum Gasteiger partial charge on any atom is -0.338 e. The quantitative estimate of drug-likeness (QED) is 0.861. The molecule has 0 aliphatic carbocycles. The van der Waals surface area contributed by atoms with Crippen molar-refractivity contribution in [2.45, 2.75) is 19.8 Å². The van der Waals surface area contributed by atoms with Crippen molar-refractivity contribution >= 4 is 17.5 Å². The first-order chi connectivity index (χ1) is 12.6. The van der Waals surface area contributed by atoms with Gasteiger partial charge in [0, 0.05) is 36.7 Å². The summed E-state index contributed by atoms with van der Waals surface area (Å²) in [6.45, 7) is 6.58. The third-order valence-electron chi connectivity index (χ3n) is 4.63. The molecule has 2 aromatic rings. The molecule has 2 heterocycles. The van der Waals surface area contributed by atoms with Crippen LogP contribution in [-0.4, -0.2) is 39.8 Å². The van der Waals surface area contributed by atoms with E-state index in [9.17, 15) is 9.59 Å². The highest BCUT2D eigenvalue weighted by molar-refractivity contribution is 5.95. The number of amides is 2. The van der Waals surface area contributed by atoms with Gasteiger partial charge in [-0.2, -0.15) is 0 Å². The number of benzene rings is 1. The molecule has 1 unspecified atom stereocenters. The second-order valence-electron chi connectivity index (χ2n) is 6.44. The molecular formula is C20H22N4O2. The molecule has 0 radical (unpaired) electrons. The lowest BCUT2D eigenvalue weighted by Gasteiger charge is -2.31. The van der Waals surface area contributed by atoms with Gasteiger partial charge in [-0.15, -0.1) is 0 Å². The van der Waals surface area contributed by atoms with Gasteiger partial charge in [0.05, 0.1) is 17.8 Å². The number of aromatic nitrogens is 2. The predicted octanol–water partition coefficient (Wildman–Crippen LogP) is 2.82. The molecule has 1 aromatic heterocycles. The highest BCUT2D eigenvalue weighted by Crippen LogP contribution is 2.25. The monoisotopic (exact) mass is 350 g/mol. The number of hydrogen-bond donors (Lipinski definition) is 1. The number of carbonyl (C=O) groups excluding carboxylic acids is 2. The highest BCUT2D eigenvalue weighted by Gasteiger charge is 2.27. The van der Waals surface area contributed by atoms with Gasteiger partial charge in [0.15, 0.2) is 0 Å². The van der Waals surface area contributed by atoms with Crippen molar-refractivity contribution in [2.75, 3.05) is 18.4 Å². The van der Waals surface area contributed by atoms with Crippen LogP contribution in [0, 0.1) is 12.8 Å². The maximum atomic E-state index is 12.7. The number of aryl methyl sites for hydroxylation is 1. The lowest BCUT2D eigenvalue weighted by molar-refractivity contribution is -0.130. The van der Waals surface area contributed by atoms with Gasteiger partial charge >= 0.3 is 0 Å². The van der Waals surface area contributed by atoms with E-state index >= 15 is 0 Å². The summed E-state index contributed by atoms with van der Waals surface area (Å²) in [4.78, 5) is 34.6. The van der Waals surface area contributed by atoms with Gasteiger partial charge in [-0.1, -0.05) is 18.7 Å². The van der Waals surface area contributed by atoms with Crippen LogP contribution in [0.1, 0.15) is 18.4 Å². The van der Waals surface area contributed by atoms with Crippen LogP contribution in [0.2, 0.25) is 0 Å². The largest absolute Gasteiger partial charge is 0.338 e. The Hall–Kier alpha value is -3.02. The minimum atomic E-state index is -0.216. The molecule has 3 rings (SSSR count). The van der Waals surface area contributed by atoms with Crippen LogP contribution in [0.3, 0.4) is 0 Å². The van der Waals surface area contributed by atoms with Gasteiger partial charge in [0.1, 0.15) is 0 Å². The SMILES string of the molecule is C=CC(=O)N1CCCC(C(=O)Nc2cc(-c3cnccn3)ccc2C)C1. The van der Waals surface area contributed by atoms with E-state index in [1.54, 1.807) is 23.5 Å². The van der Waals surface area contributed by atoms with Crippen LogP contribution in [0.25, 0.3) is 11.3 Å². The molecule has 26 heavy (non-hydrogen) atoms. The molecule has 1 aliphatic rings. The Bertz CT molecular complexity index is 820. The molecule has 0 spiro atoms. The number of anilines is 1. The summed E-state index contributed by atoms with van der Waals surface area (Å²) in [7, 11) is 0. The highest BCUT2D eigenvalue weighted by atomic mass is 16.2. The van der Waals surface area contributed by atoms with E-state index in [0.29, 0.717) is 13.1 Å². The second kappa shape index (κ2) is 7.91. The molecule has 1 aromatic carbocycles. The molecule has 6 heteroatoms. The van der Waals surface area contributed by atoms with E-state index in [1.165, 1.54) is 6.08 Å². The average Bonchev–Trinajstić information content (AvgIpc) is 2.69. The maximum absolute atomic E-state index is 12.7. The number of nitrogens with one attached hydrogen (secondary N) is 1. The van der Waals surface area contributed by atoms with Crippen molar-refractivity contribution in [1.82, 2.24) is 14.9 Å². The van der Waals surface area contributed by atoms with Crippen LogP contribution in [0.5, 0.6) is 0 Å². The van der Waals surface area contributed by atoms with Crippen LogP contribution in [-0.2, 0) is 9.59 Å². The first-order valence-electron chi connectivity index (χ1n) is 8.67. The Labute approximate surface area is 153 Å². The van der Waals surface area contributed by atoms with Gasteiger partial charge in [-0.25, -0.2) is 0 Å². The van der Waals surface area contributed by atoms with Crippen molar-refractivity contribution in [2.24, 2.45) is 5.92 Å². The van der Waals surface area contributed by atoms with Crippen molar-refractivity contribution in [3.63, 3.8) is 0 Å². The number of likely N-dealkylation sites (tertiary alicyclic amines) is 1. The first kappa shape index (κ1) is 17.8. The third kappa shape index (κ3) is 3.96. The maximum Gasteiger partial charge on any atom is 0.245 e. The Morgan fingerprint density at radius 3 is 2.92 bits per heavy atom. The van der Waals surface area contributed by atoms with Crippen molar-refractivity contribution < 1.29 is 9.59 Å². The third-order valence-corrected chi connectivity index (χ3v) is 4.63. The molecule has 0 bridgehead atoms. The van der Waals surface area contributed by atoms with E-state index < -0.39 is 0 Å². The Morgan fingerprint density at radius 2 is 2.19 bits per heavy atom. The van der Waals surface area contributed by atoms with Crippen LogP contribution in [0.15, 0.2) is 49.4 Å². The lowest BCUT2D eigenvalue weighted by atomic mass is 9.96. The fourth-order valence-electron chi connectivity index (χ4n) is 3.12. The molecule has 2 amide bonds. The predicted molar refractivity (Wildman–Crippen MR) is 100 cm³/mol. The molecule has 0 saturated carbocycles. The molecule has 1 N–H and O–H groups in total. The lowest BCUT2D eigenvalue weighted by Crippen LogP contribution is -2.43. The van der Waals surface area contributed by atoms with Gasteiger partial charge in [-0.3, -0.25) is 19.6 Å². The summed E-state index contributed by atoms with van der Waals surface area (Å²) in [5.74, 6) is -0.401. The topological polar surface area (TPSA) is 75.2 Å². The van der Waals surface area contributed by atoms with Crippen LogP contribution < -0.4 is 5.32 Å². The zero-order valence-electron chi connectivity index (χ0n) is 14.8. The normalized spacial score (nSPS) is 16.8. The second-order valence-corrected chi connectivity index (χ2v) is 6.44. The molecule has 6 nitrogen and oxygen atoms in total. The number of rotatable bonds is 4. The zero-order chi connectivity index (χ0) is 18.5. The standard InChI is InChI=1S/C20H22N4O2/c1-3-19(25)24-10-4-5-16(13-24)20(26)23-17-11-15(7-6-14(17)2)18-12-21-8-9-22-18/h3,6-9,11-12,16H,1,4-5,10,13H2,2H3,(H,23,26). The van der Waals surface area contributed by atoms with Gasteiger partial charge in [0.25, 0.3) is 0 Å². The fourth-order valence-corrected chi connectivity index (χ4v) is 3.12. The molecule has 134 valence electrons. The van der Waals surface area contributed by atoms with E-state index in [0.717, 1.165) is 35.3 Å². The Morgan fingerprint density at radius 1 is 1.35 bits per heavy atom. The van der Waals surface area contributed by atoms with Crippen LogP contribution >= 0.6 is 0 Å². The summed E-state index contributed by atoms with van der Waals surface area (Å²) >= 11 is 0. The van der Waals surface area contributed by atoms with E-state index in [-0.39, 0.29) is 17.7 Å². The summed E-state index contributed by atoms with van der Waals surface area (Å²) in [6, 6.07) is 5.82. The number of piperidine rings is 1. The van der Waals surface area contributed by atoms with Crippen molar-refractivity contribution in [3.05, 3.63) is 55.0 Å². The molecule has 1 atom stereocenters. The molecule has 1 aliphatic heterocycles. The number of carbonyl (C=O) groups is 2. The van der Waals surface area contributed by atoms with E-state index in [4.69, 9.17) is 0 Å². The molecule has 1 saturated heterocycles. The van der Waals surface area contributed by atoms with Gasteiger partial charge in [-0.05, 0) is 37.5 Å². The summed E-state index contributed by atoms with van der Waals surface area (Å²) in [5.41, 5.74) is 3.38. The van der Waals surface area contributed by atoms with E-state index in [1.807, 2.05) is 25.1 Å². The molecule has 1 fully saturated rings. The summed E-state index contributed by atoms with van der Waals surface area (Å²) < 4.78 is 0. The first-order valence-corrected chi connectivity index (χ1v) is 8.67. The number of hydrogen-bond acceptors (Lipinski definition) is 4. The molecular weight excluding hydrogens is 328 g/mol. The minimum absolute atomic E-state index is 0.0639. The van der Waals surface area contributed by atoms with Crippen molar-refractivity contribution in [3.8, 4) is 11.3 Å². The summed E-state index contributed by atoms with van der Waals surface area (Å²) in [5, 5.41) is 3.02. The van der Waals surface area contributed by atoms with Crippen LogP contribution in [0.4, 0.5) is 5.69 Å². The average molecular weight is 350 g/mol. The van der Waals surface area contributed by atoms with Crippen molar-refractivity contribution in [1.29, 1.82) is 0 Å². The van der Waals surface area contributed by atoms with Gasteiger partial charge < -0.3 is 10.2 Å². The van der Waals surface area contributed by atoms with E-state index in [2.05, 4.69) is 21.9 Å². The smallest absolute Gasteiger partial charge is 0.245 e.